The van der Waals surface area contributed by atoms with E-state index in [1.807, 2.05) is 0 Å². The Balaban J connectivity index is 2.22. The third kappa shape index (κ3) is 2.57. The molecule has 108 valence electrons. The van der Waals surface area contributed by atoms with E-state index in [4.69, 9.17) is 5.11 Å². The van der Waals surface area contributed by atoms with Crippen molar-refractivity contribution in [2.75, 3.05) is 5.75 Å². The number of thiophene rings is 1. The molecule has 0 saturated heterocycles. The number of thioether (sulfide) groups is 1. The fraction of sp³-hybridized carbons (Fsp3) is 0.167. The van der Waals surface area contributed by atoms with Gasteiger partial charge in [0, 0.05) is 13.2 Å². The molecule has 3 rings (SSSR count). The first-order valence-corrected chi connectivity index (χ1v) is 7.76. The molecule has 7 nitrogen and oxygen atoms in total. The van der Waals surface area contributed by atoms with Crippen molar-refractivity contribution in [2.45, 2.75) is 5.16 Å². The van der Waals surface area contributed by atoms with Crippen LogP contribution in [-0.2, 0) is 11.8 Å². The van der Waals surface area contributed by atoms with E-state index in [1.165, 1.54) is 15.9 Å². The van der Waals surface area contributed by atoms with Gasteiger partial charge in [-0.3, -0.25) is 18.8 Å². The number of carboxylic acids is 1. The first-order chi connectivity index (χ1) is 10.1. The molecule has 3 aromatic heterocycles. The minimum Gasteiger partial charge on any atom is -0.481 e. The quantitative estimate of drug-likeness (QED) is 0.576. The van der Waals surface area contributed by atoms with Crippen LogP contribution < -0.4 is 5.56 Å². The van der Waals surface area contributed by atoms with Gasteiger partial charge in [-0.05, 0) is 11.4 Å². The standard InChI is InChI=1S/C12H10N4O3S2/c1-15-5-7(4-13-15)16-11(19)8-2-3-20-10(8)14-12(16)21-6-9(17)18/h2-5H,6H2,1H3,(H,17,18). The van der Waals surface area contributed by atoms with Crippen molar-refractivity contribution in [3.63, 3.8) is 0 Å². The predicted octanol–water partition coefficient (Wildman–Crippen LogP) is 1.36. The Labute approximate surface area is 126 Å². The van der Waals surface area contributed by atoms with Crippen LogP contribution >= 0.6 is 23.1 Å². The number of aromatic nitrogens is 4. The highest BCUT2D eigenvalue weighted by Gasteiger charge is 2.16. The van der Waals surface area contributed by atoms with Gasteiger partial charge in [0.05, 0.1) is 23.0 Å². The Bertz CT molecular complexity index is 880. The molecule has 0 radical (unpaired) electrons. The van der Waals surface area contributed by atoms with Crippen molar-refractivity contribution in [3.05, 3.63) is 34.2 Å². The third-order valence-electron chi connectivity index (χ3n) is 2.74. The molecular formula is C12H10N4O3S2. The molecule has 0 aliphatic carbocycles. The summed E-state index contributed by atoms with van der Waals surface area (Å²) < 4.78 is 2.97. The van der Waals surface area contributed by atoms with Crippen LogP contribution in [0, 0.1) is 0 Å². The van der Waals surface area contributed by atoms with Gasteiger partial charge in [0.15, 0.2) is 5.16 Å². The van der Waals surface area contributed by atoms with E-state index >= 15 is 0 Å². The number of carbonyl (C=O) groups is 1. The number of aliphatic carboxylic acids is 1. The van der Waals surface area contributed by atoms with Crippen LogP contribution in [0.25, 0.3) is 15.9 Å². The van der Waals surface area contributed by atoms with Crippen LogP contribution in [0.1, 0.15) is 0 Å². The lowest BCUT2D eigenvalue weighted by atomic mass is 10.4. The van der Waals surface area contributed by atoms with Crippen molar-refractivity contribution in [3.8, 4) is 5.69 Å². The number of hydrogen-bond acceptors (Lipinski definition) is 6. The fourth-order valence-corrected chi connectivity index (χ4v) is 3.41. The molecule has 0 fully saturated rings. The van der Waals surface area contributed by atoms with Crippen LogP contribution in [-0.4, -0.2) is 36.2 Å². The van der Waals surface area contributed by atoms with Crippen molar-refractivity contribution in [1.29, 1.82) is 0 Å². The average Bonchev–Trinajstić information content (AvgIpc) is 3.05. The maximum atomic E-state index is 12.6. The number of hydrogen-bond donors (Lipinski definition) is 1. The van der Waals surface area contributed by atoms with E-state index in [1.54, 1.807) is 35.6 Å². The molecular weight excluding hydrogens is 312 g/mol. The van der Waals surface area contributed by atoms with E-state index in [2.05, 4.69) is 10.1 Å². The maximum absolute atomic E-state index is 12.6. The van der Waals surface area contributed by atoms with Crippen LogP contribution in [0.5, 0.6) is 0 Å². The lowest BCUT2D eigenvalue weighted by molar-refractivity contribution is -0.133. The molecule has 9 heteroatoms. The van der Waals surface area contributed by atoms with Crippen LogP contribution in [0.4, 0.5) is 0 Å². The number of fused-ring (bicyclic) bond motifs is 1. The van der Waals surface area contributed by atoms with Crippen molar-refractivity contribution in [2.24, 2.45) is 7.05 Å². The highest BCUT2D eigenvalue weighted by atomic mass is 32.2. The first kappa shape index (κ1) is 13.8. The third-order valence-corrected chi connectivity index (χ3v) is 4.47. The van der Waals surface area contributed by atoms with Gasteiger partial charge in [-0.15, -0.1) is 11.3 Å². The average molecular weight is 322 g/mol. The van der Waals surface area contributed by atoms with Gasteiger partial charge in [-0.25, -0.2) is 4.98 Å². The van der Waals surface area contributed by atoms with E-state index in [0.717, 1.165) is 11.8 Å². The second-order valence-corrected chi connectivity index (χ2v) is 6.07. The van der Waals surface area contributed by atoms with Crippen LogP contribution in [0.15, 0.2) is 33.8 Å². The highest BCUT2D eigenvalue weighted by molar-refractivity contribution is 7.99. The lowest BCUT2D eigenvalue weighted by Crippen LogP contribution is -2.21. The summed E-state index contributed by atoms with van der Waals surface area (Å²) in [6.45, 7) is 0. The van der Waals surface area contributed by atoms with E-state index in [-0.39, 0.29) is 11.3 Å². The summed E-state index contributed by atoms with van der Waals surface area (Å²) in [6.07, 6.45) is 3.23. The number of aryl methyl sites for hydroxylation is 1. The zero-order chi connectivity index (χ0) is 15.0. The molecule has 1 N–H and O–H groups in total. The predicted molar refractivity (Wildman–Crippen MR) is 80.3 cm³/mol. The molecule has 0 atom stereocenters. The number of carboxylic acid groups (broad SMARTS) is 1. The second kappa shape index (κ2) is 5.34. The Morgan fingerprint density at radius 1 is 1.52 bits per heavy atom. The zero-order valence-corrected chi connectivity index (χ0v) is 12.5. The SMILES string of the molecule is Cn1cc(-n2c(SCC(=O)O)nc3sccc3c2=O)cn1. The molecule has 0 unspecified atom stereocenters. The first-order valence-electron chi connectivity index (χ1n) is 5.90. The van der Waals surface area contributed by atoms with Gasteiger partial charge < -0.3 is 5.11 Å². The minimum absolute atomic E-state index is 0.163. The summed E-state index contributed by atoms with van der Waals surface area (Å²) in [7, 11) is 1.75. The topological polar surface area (TPSA) is 90.0 Å². The summed E-state index contributed by atoms with van der Waals surface area (Å²) in [6, 6.07) is 1.72. The van der Waals surface area contributed by atoms with Crippen molar-refractivity contribution in [1.82, 2.24) is 19.3 Å². The monoisotopic (exact) mass is 322 g/mol. The lowest BCUT2D eigenvalue weighted by Gasteiger charge is -2.08. The summed E-state index contributed by atoms with van der Waals surface area (Å²) in [4.78, 5) is 28.4. The molecule has 0 saturated carbocycles. The molecule has 0 spiro atoms. The van der Waals surface area contributed by atoms with Gasteiger partial charge in [0.25, 0.3) is 5.56 Å². The molecule has 0 amide bonds. The maximum Gasteiger partial charge on any atom is 0.313 e. The Kier molecular flexibility index (Phi) is 3.52. The largest absolute Gasteiger partial charge is 0.481 e. The van der Waals surface area contributed by atoms with Gasteiger partial charge in [-0.1, -0.05) is 11.8 Å². The Hall–Kier alpha value is -2.13. The molecule has 0 bridgehead atoms. The summed E-state index contributed by atoms with van der Waals surface area (Å²) in [5.74, 6) is -1.12. The second-order valence-electron chi connectivity index (χ2n) is 4.23. The number of nitrogens with zero attached hydrogens (tertiary/aromatic N) is 4. The normalized spacial score (nSPS) is 11.1. The van der Waals surface area contributed by atoms with E-state index in [0.29, 0.717) is 21.1 Å². The fourth-order valence-electron chi connectivity index (χ4n) is 1.87. The highest BCUT2D eigenvalue weighted by Crippen LogP contribution is 2.23. The molecule has 3 heterocycles. The molecule has 3 aromatic rings. The zero-order valence-electron chi connectivity index (χ0n) is 10.9. The van der Waals surface area contributed by atoms with Gasteiger partial charge in [-0.2, -0.15) is 5.10 Å². The summed E-state index contributed by atoms with van der Waals surface area (Å²) in [5.41, 5.74) is 0.345. The van der Waals surface area contributed by atoms with Crippen LogP contribution in [0.3, 0.4) is 0 Å². The Morgan fingerprint density at radius 3 is 3.00 bits per heavy atom. The molecule has 0 aliphatic rings. The van der Waals surface area contributed by atoms with Gasteiger partial charge in [0.1, 0.15) is 4.83 Å². The number of rotatable bonds is 4. The van der Waals surface area contributed by atoms with Crippen molar-refractivity contribution < 1.29 is 9.90 Å². The molecule has 21 heavy (non-hydrogen) atoms. The summed E-state index contributed by atoms with van der Waals surface area (Å²) >= 11 is 2.37. The van der Waals surface area contributed by atoms with Crippen molar-refractivity contribution >= 4 is 39.3 Å². The van der Waals surface area contributed by atoms with Gasteiger partial charge in [0.2, 0.25) is 0 Å². The van der Waals surface area contributed by atoms with Gasteiger partial charge >= 0.3 is 5.97 Å². The minimum atomic E-state index is -0.960. The van der Waals surface area contributed by atoms with E-state index in [9.17, 15) is 9.59 Å². The smallest absolute Gasteiger partial charge is 0.313 e. The Morgan fingerprint density at radius 2 is 2.33 bits per heavy atom. The van der Waals surface area contributed by atoms with Crippen LogP contribution in [0.2, 0.25) is 0 Å². The summed E-state index contributed by atoms with van der Waals surface area (Å²) in [5, 5.41) is 15.5. The molecule has 0 aromatic carbocycles. The molecule has 0 aliphatic heterocycles. The van der Waals surface area contributed by atoms with E-state index < -0.39 is 5.97 Å².